The predicted molar refractivity (Wildman–Crippen MR) is 107 cm³/mol. The predicted octanol–water partition coefficient (Wildman–Crippen LogP) is 2.87. The molecule has 0 aromatic carbocycles. The van der Waals surface area contributed by atoms with Crippen molar-refractivity contribution < 1.29 is 24.3 Å². The van der Waals surface area contributed by atoms with Crippen LogP contribution in [0.2, 0.25) is 0 Å². The van der Waals surface area contributed by atoms with Gasteiger partial charge in [0.05, 0.1) is 16.5 Å². The van der Waals surface area contributed by atoms with E-state index >= 15 is 0 Å². The molecule has 1 aliphatic carbocycles. The number of carboxylic acid groups (broad SMARTS) is 1. The molecule has 2 amide bonds. The zero-order chi connectivity index (χ0) is 21.3. The normalized spacial score (nSPS) is 18.1. The first-order chi connectivity index (χ1) is 13.7. The molecule has 29 heavy (non-hydrogen) atoms. The minimum absolute atomic E-state index is 0.212. The molecule has 2 unspecified atom stereocenters. The van der Waals surface area contributed by atoms with Gasteiger partial charge in [0.2, 0.25) is 5.91 Å². The van der Waals surface area contributed by atoms with Gasteiger partial charge in [0.15, 0.2) is 16.7 Å². The van der Waals surface area contributed by atoms with Gasteiger partial charge in [-0.3, -0.25) is 19.3 Å². The Morgan fingerprint density at radius 2 is 2.07 bits per heavy atom. The van der Waals surface area contributed by atoms with E-state index in [9.17, 15) is 24.3 Å². The van der Waals surface area contributed by atoms with Crippen molar-refractivity contribution in [2.45, 2.75) is 27.2 Å². The fourth-order valence-electron chi connectivity index (χ4n) is 3.35. The monoisotopic (exact) mass is 416 g/mol. The number of pyridine rings is 1. The van der Waals surface area contributed by atoms with E-state index in [-0.39, 0.29) is 41.3 Å². The first-order valence-electron chi connectivity index (χ1n) is 9.05. The number of nitrogens with one attached hydrogen (secondary N) is 1. The van der Waals surface area contributed by atoms with E-state index in [1.807, 2.05) is 6.92 Å². The molecule has 2 aromatic heterocycles. The summed E-state index contributed by atoms with van der Waals surface area (Å²) in [6.07, 6.45) is 0.610. The van der Waals surface area contributed by atoms with Crippen LogP contribution in [-0.4, -0.2) is 45.2 Å². The summed E-state index contributed by atoms with van der Waals surface area (Å²) in [5.41, 5.74) is 0.837. The van der Waals surface area contributed by atoms with E-state index in [0.717, 1.165) is 16.2 Å². The van der Waals surface area contributed by atoms with Crippen molar-refractivity contribution >= 4 is 45.9 Å². The lowest BCUT2D eigenvalue weighted by Gasteiger charge is -2.25. The third-order valence-corrected chi connectivity index (χ3v) is 5.74. The van der Waals surface area contributed by atoms with Crippen LogP contribution in [0.1, 0.15) is 46.5 Å². The highest BCUT2D eigenvalue weighted by atomic mass is 32.1. The van der Waals surface area contributed by atoms with Gasteiger partial charge >= 0.3 is 6.09 Å². The molecule has 0 radical (unpaired) electrons. The highest BCUT2D eigenvalue weighted by Crippen LogP contribution is 2.36. The number of carbonyl (C=O) groups is 4. The number of rotatable bonds is 5. The van der Waals surface area contributed by atoms with E-state index < -0.39 is 12.0 Å². The average Bonchev–Trinajstić information content (AvgIpc) is 3.04. The van der Waals surface area contributed by atoms with E-state index in [1.54, 1.807) is 6.92 Å². The molecular weight excluding hydrogens is 396 g/mol. The van der Waals surface area contributed by atoms with E-state index in [1.165, 1.54) is 25.3 Å². The van der Waals surface area contributed by atoms with Crippen LogP contribution in [0.4, 0.5) is 15.7 Å². The Morgan fingerprint density at radius 1 is 1.34 bits per heavy atom. The Labute approximate surface area is 170 Å². The molecule has 3 rings (SSSR count). The summed E-state index contributed by atoms with van der Waals surface area (Å²) < 4.78 is 0. The van der Waals surface area contributed by atoms with Crippen molar-refractivity contribution in [1.82, 2.24) is 9.97 Å². The van der Waals surface area contributed by atoms with Crippen LogP contribution >= 0.6 is 11.3 Å². The molecule has 0 fully saturated rings. The van der Waals surface area contributed by atoms with Crippen LogP contribution in [0.3, 0.4) is 0 Å². The van der Waals surface area contributed by atoms with Gasteiger partial charge in [-0.05, 0) is 31.4 Å². The van der Waals surface area contributed by atoms with Gasteiger partial charge in [0.25, 0.3) is 0 Å². The van der Waals surface area contributed by atoms with Gasteiger partial charge in [-0.2, -0.15) is 0 Å². The SMILES string of the molecule is CCN(C(=O)O)c1ccc(C(=O)C2C(=O)c3sc(NC(C)=O)nc3CC2C)cn1. The van der Waals surface area contributed by atoms with Crippen LogP contribution in [0.25, 0.3) is 0 Å². The van der Waals surface area contributed by atoms with Gasteiger partial charge in [-0.1, -0.05) is 18.3 Å². The Hall–Kier alpha value is -3.14. The van der Waals surface area contributed by atoms with Crippen molar-refractivity contribution in [3.63, 3.8) is 0 Å². The molecule has 0 spiro atoms. The molecule has 0 bridgehead atoms. The topological polar surface area (TPSA) is 130 Å². The number of hydrogen-bond acceptors (Lipinski definition) is 7. The zero-order valence-corrected chi connectivity index (χ0v) is 16.9. The summed E-state index contributed by atoms with van der Waals surface area (Å²) >= 11 is 1.07. The molecule has 1 aliphatic rings. The van der Waals surface area contributed by atoms with Gasteiger partial charge in [-0.25, -0.2) is 14.8 Å². The van der Waals surface area contributed by atoms with Gasteiger partial charge in [0, 0.05) is 25.2 Å². The summed E-state index contributed by atoms with van der Waals surface area (Å²) in [5, 5.41) is 12.1. The lowest BCUT2D eigenvalue weighted by Crippen LogP contribution is -2.35. The molecule has 9 nitrogen and oxygen atoms in total. The van der Waals surface area contributed by atoms with Crippen LogP contribution in [-0.2, 0) is 11.2 Å². The number of Topliss-reactive ketones (excluding diaryl/α,β-unsaturated/α-hetero) is 2. The minimum atomic E-state index is -1.14. The van der Waals surface area contributed by atoms with Crippen molar-refractivity contribution in [3.05, 3.63) is 34.5 Å². The smallest absolute Gasteiger partial charge is 0.412 e. The Kier molecular flexibility index (Phi) is 5.73. The van der Waals surface area contributed by atoms with Crippen molar-refractivity contribution in [3.8, 4) is 0 Å². The van der Waals surface area contributed by atoms with Crippen LogP contribution in [0.15, 0.2) is 18.3 Å². The number of aromatic nitrogens is 2. The van der Waals surface area contributed by atoms with Crippen LogP contribution in [0.5, 0.6) is 0 Å². The maximum atomic E-state index is 13.0. The summed E-state index contributed by atoms with van der Waals surface area (Å²) in [4.78, 5) is 58.3. The van der Waals surface area contributed by atoms with E-state index in [0.29, 0.717) is 22.1 Å². The lowest BCUT2D eigenvalue weighted by atomic mass is 9.77. The first kappa shape index (κ1) is 20.6. The highest BCUT2D eigenvalue weighted by Gasteiger charge is 2.40. The molecular formula is C19H20N4O5S. The number of amides is 2. The van der Waals surface area contributed by atoms with Gasteiger partial charge in [0.1, 0.15) is 5.82 Å². The quantitative estimate of drug-likeness (QED) is 0.566. The maximum absolute atomic E-state index is 13.0. The largest absolute Gasteiger partial charge is 0.465 e. The molecule has 2 aromatic rings. The molecule has 2 atom stereocenters. The number of carbonyl (C=O) groups excluding carboxylic acids is 3. The second-order valence-corrected chi connectivity index (χ2v) is 7.79. The molecule has 152 valence electrons. The number of anilines is 2. The molecule has 0 saturated heterocycles. The van der Waals surface area contributed by atoms with Crippen molar-refractivity contribution in [1.29, 1.82) is 0 Å². The number of ketones is 2. The standard InChI is InChI=1S/C19H20N4O5S/c1-4-23(19(27)28)13-6-5-11(8-20-13)15(25)14-9(2)7-12-17(16(14)26)29-18(22-12)21-10(3)24/h5-6,8-9,14H,4,7H2,1-3H3,(H,27,28)(H,21,22,24). The molecule has 0 aliphatic heterocycles. The lowest BCUT2D eigenvalue weighted by molar-refractivity contribution is -0.114. The molecule has 2 heterocycles. The fourth-order valence-corrected chi connectivity index (χ4v) is 4.37. The van der Waals surface area contributed by atoms with Gasteiger partial charge < -0.3 is 10.4 Å². The summed E-state index contributed by atoms with van der Waals surface area (Å²) in [6, 6.07) is 2.94. The van der Waals surface area contributed by atoms with Crippen LogP contribution in [0, 0.1) is 11.8 Å². The number of nitrogens with zero attached hydrogens (tertiary/aromatic N) is 3. The Balaban J connectivity index is 1.85. The zero-order valence-electron chi connectivity index (χ0n) is 16.1. The maximum Gasteiger partial charge on any atom is 0.412 e. The molecule has 0 saturated carbocycles. The molecule has 10 heteroatoms. The second-order valence-electron chi connectivity index (χ2n) is 6.80. The number of thiazole rings is 1. The van der Waals surface area contributed by atoms with Crippen molar-refractivity contribution in [2.24, 2.45) is 11.8 Å². The van der Waals surface area contributed by atoms with E-state index in [4.69, 9.17) is 0 Å². The van der Waals surface area contributed by atoms with Crippen molar-refractivity contribution in [2.75, 3.05) is 16.8 Å². The highest BCUT2D eigenvalue weighted by molar-refractivity contribution is 7.17. The number of hydrogen-bond donors (Lipinski definition) is 2. The number of fused-ring (bicyclic) bond motifs is 1. The summed E-state index contributed by atoms with van der Waals surface area (Å²) in [6.45, 7) is 5.07. The third kappa shape index (κ3) is 4.02. The first-order valence-corrected chi connectivity index (χ1v) is 9.86. The second kappa shape index (κ2) is 8.08. The van der Waals surface area contributed by atoms with E-state index in [2.05, 4.69) is 15.3 Å². The minimum Gasteiger partial charge on any atom is -0.465 e. The summed E-state index contributed by atoms with van der Waals surface area (Å²) in [7, 11) is 0. The Morgan fingerprint density at radius 3 is 2.62 bits per heavy atom. The average molecular weight is 416 g/mol. The summed E-state index contributed by atoms with van der Waals surface area (Å²) in [5.74, 6) is -1.88. The Bertz CT molecular complexity index is 985. The third-order valence-electron chi connectivity index (χ3n) is 4.71. The molecule has 2 N–H and O–H groups in total. The fraction of sp³-hybridized carbons (Fsp3) is 0.368. The van der Waals surface area contributed by atoms with Gasteiger partial charge in [-0.15, -0.1) is 0 Å². The van der Waals surface area contributed by atoms with Crippen LogP contribution < -0.4 is 10.2 Å².